The van der Waals surface area contributed by atoms with E-state index in [1.54, 1.807) is 0 Å². The van der Waals surface area contributed by atoms with Crippen LogP contribution in [0.3, 0.4) is 0 Å². The third kappa shape index (κ3) is 5.57. The summed E-state index contributed by atoms with van der Waals surface area (Å²) in [6, 6.07) is 0. The number of hydrogen-bond acceptors (Lipinski definition) is 9. The Labute approximate surface area is 153 Å². The van der Waals surface area contributed by atoms with E-state index in [4.69, 9.17) is 19.7 Å². The van der Waals surface area contributed by atoms with Gasteiger partial charge in [-0.05, 0) is 11.8 Å². The molecule has 0 radical (unpaired) electrons. The van der Waals surface area contributed by atoms with Crippen LogP contribution >= 0.6 is 0 Å². The van der Waals surface area contributed by atoms with Crippen LogP contribution in [0.4, 0.5) is 0 Å². The first-order valence-electron chi connectivity index (χ1n) is 8.99. The fourth-order valence-corrected chi connectivity index (χ4v) is 3.10. The van der Waals surface area contributed by atoms with Crippen molar-refractivity contribution in [3.8, 4) is 0 Å². The molecule has 9 unspecified atom stereocenters. The SMILES string of the molecule is CC(C)C1OC(CO)C(O)C(O)C1O.CC(C)C1OCC(O)C(O)C1O. The molecule has 2 saturated heterocycles. The van der Waals surface area contributed by atoms with Gasteiger partial charge in [-0.25, -0.2) is 0 Å². The third-order valence-corrected chi connectivity index (χ3v) is 4.78. The van der Waals surface area contributed by atoms with Gasteiger partial charge in [0.15, 0.2) is 0 Å². The molecular formula is C17H34O9. The monoisotopic (exact) mass is 382 g/mol. The van der Waals surface area contributed by atoms with Gasteiger partial charge in [0.05, 0.1) is 25.4 Å². The molecule has 0 amide bonds. The van der Waals surface area contributed by atoms with Crippen molar-refractivity contribution < 1.29 is 45.2 Å². The van der Waals surface area contributed by atoms with Crippen molar-refractivity contribution >= 4 is 0 Å². The standard InChI is InChI=1S/C9H18O5.C8H16O4/c1-4(2)9-8(13)7(12)6(11)5(3-10)14-9;1-4(2)8-7(11)6(10)5(9)3-12-8/h4-13H,3H2,1-2H3;4-11H,3H2,1-2H3. The van der Waals surface area contributed by atoms with Crippen LogP contribution in [0.25, 0.3) is 0 Å². The Morgan fingerprint density at radius 3 is 1.69 bits per heavy atom. The molecule has 2 fully saturated rings. The van der Waals surface area contributed by atoms with Crippen LogP contribution in [-0.4, -0.2) is 104 Å². The number of ether oxygens (including phenoxy) is 2. The quantitative estimate of drug-likeness (QED) is 0.282. The van der Waals surface area contributed by atoms with Crippen molar-refractivity contribution in [1.82, 2.24) is 0 Å². The zero-order valence-corrected chi connectivity index (χ0v) is 15.7. The number of rotatable bonds is 3. The summed E-state index contributed by atoms with van der Waals surface area (Å²) in [5.41, 5.74) is 0. The molecule has 2 rings (SSSR count). The van der Waals surface area contributed by atoms with Crippen LogP contribution in [0.15, 0.2) is 0 Å². The van der Waals surface area contributed by atoms with Crippen molar-refractivity contribution in [2.24, 2.45) is 11.8 Å². The maximum Gasteiger partial charge on any atom is 0.111 e. The van der Waals surface area contributed by atoms with Gasteiger partial charge < -0.3 is 45.2 Å². The van der Waals surface area contributed by atoms with Gasteiger partial charge in [-0.2, -0.15) is 0 Å². The molecule has 26 heavy (non-hydrogen) atoms. The normalized spacial score (nSPS) is 44.0. The summed E-state index contributed by atoms with van der Waals surface area (Å²) >= 11 is 0. The van der Waals surface area contributed by atoms with Crippen molar-refractivity contribution in [3.63, 3.8) is 0 Å². The summed E-state index contributed by atoms with van der Waals surface area (Å²) in [6.07, 6.45) is -8.35. The smallest absolute Gasteiger partial charge is 0.111 e. The molecule has 9 nitrogen and oxygen atoms in total. The minimum atomic E-state index is -1.26. The molecule has 0 aromatic heterocycles. The maximum atomic E-state index is 9.57. The molecule has 0 aliphatic carbocycles. The lowest BCUT2D eigenvalue weighted by atomic mass is 9.90. The predicted octanol–water partition coefficient (Wildman–Crippen LogP) is -2.39. The van der Waals surface area contributed by atoms with Gasteiger partial charge in [-0.15, -0.1) is 0 Å². The van der Waals surface area contributed by atoms with Gasteiger partial charge in [0.2, 0.25) is 0 Å². The Hall–Kier alpha value is -0.360. The summed E-state index contributed by atoms with van der Waals surface area (Å²) in [4.78, 5) is 0. The van der Waals surface area contributed by atoms with Crippen molar-refractivity contribution in [3.05, 3.63) is 0 Å². The summed E-state index contributed by atoms with van der Waals surface area (Å²) in [5, 5.41) is 65.2. The van der Waals surface area contributed by atoms with E-state index in [0.717, 1.165) is 0 Å². The molecule has 0 aromatic carbocycles. The summed E-state index contributed by atoms with van der Waals surface area (Å²) in [7, 11) is 0. The maximum absolute atomic E-state index is 9.57. The highest BCUT2D eigenvalue weighted by Crippen LogP contribution is 2.25. The van der Waals surface area contributed by atoms with Gasteiger partial charge in [0.25, 0.3) is 0 Å². The average Bonchev–Trinajstić information content (AvgIpc) is 2.58. The second-order valence-corrected chi connectivity index (χ2v) is 7.63. The van der Waals surface area contributed by atoms with Crippen molar-refractivity contribution in [2.45, 2.75) is 82.6 Å². The molecule has 0 spiro atoms. The lowest BCUT2D eigenvalue weighted by Gasteiger charge is -2.41. The van der Waals surface area contributed by atoms with Crippen LogP contribution in [0, 0.1) is 11.8 Å². The van der Waals surface area contributed by atoms with E-state index < -0.39 is 48.8 Å². The largest absolute Gasteiger partial charge is 0.394 e. The molecule has 2 aliphatic rings. The topological polar surface area (TPSA) is 160 Å². The molecule has 0 saturated carbocycles. The zero-order valence-electron chi connectivity index (χ0n) is 15.7. The van der Waals surface area contributed by atoms with Crippen molar-refractivity contribution in [1.29, 1.82) is 0 Å². The second-order valence-electron chi connectivity index (χ2n) is 7.63. The van der Waals surface area contributed by atoms with E-state index in [9.17, 15) is 25.5 Å². The number of aliphatic hydroxyl groups excluding tert-OH is 7. The highest BCUT2D eigenvalue weighted by atomic mass is 16.5. The van der Waals surface area contributed by atoms with Gasteiger partial charge >= 0.3 is 0 Å². The van der Waals surface area contributed by atoms with Crippen LogP contribution in [-0.2, 0) is 9.47 Å². The molecule has 9 atom stereocenters. The first-order chi connectivity index (χ1) is 12.0. The van der Waals surface area contributed by atoms with Crippen LogP contribution in [0.2, 0.25) is 0 Å². The summed E-state index contributed by atoms with van der Waals surface area (Å²) < 4.78 is 10.5. The van der Waals surface area contributed by atoms with Crippen LogP contribution in [0.5, 0.6) is 0 Å². The number of hydrogen-bond donors (Lipinski definition) is 7. The Balaban J connectivity index is 0.000000263. The summed E-state index contributed by atoms with van der Waals surface area (Å²) in [6.45, 7) is 7.21. The number of aliphatic hydroxyl groups is 7. The van der Waals surface area contributed by atoms with Gasteiger partial charge in [-0.1, -0.05) is 27.7 Å². The molecule has 2 heterocycles. The van der Waals surface area contributed by atoms with E-state index >= 15 is 0 Å². The van der Waals surface area contributed by atoms with E-state index in [-0.39, 0.29) is 31.2 Å². The third-order valence-electron chi connectivity index (χ3n) is 4.78. The Bertz CT molecular complexity index is 404. The molecular weight excluding hydrogens is 348 g/mol. The van der Waals surface area contributed by atoms with Gasteiger partial charge in [-0.3, -0.25) is 0 Å². The highest BCUT2D eigenvalue weighted by Gasteiger charge is 2.44. The summed E-state index contributed by atoms with van der Waals surface area (Å²) in [5.74, 6) is 0.156. The molecule has 0 aromatic rings. The lowest BCUT2D eigenvalue weighted by molar-refractivity contribution is -0.238. The predicted molar refractivity (Wildman–Crippen MR) is 91.2 cm³/mol. The highest BCUT2D eigenvalue weighted by molar-refractivity contribution is 4.92. The van der Waals surface area contributed by atoms with Crippen molar-refractivity contribution in [2.75, 3.05) is 13.2 Å². The zero-order chi connectivity index (χ0) is 20.2. The lowest BCUT2D eigenvalue weighted by Crippen LogP contribution is -2.59. The molecule has 156 valence electrons. The van der Waals surface area contributed by atoms with E-state index in [2.05, 4.69) is 0 Å². The minimum Gasteiger partial charge on any atom is -0.394 e. The fraction of sp³-hybridized carbons (Fsp3) is 1.00. The Morgan fingerprint density at radius 1 is 0.731 bits per heavy atom. The average molecular weight is 382 g/mol. The van der Waals surface area contributed by atoms with E-state index in [1.807, 2.05) is 27.7 Å². The van der Waals surface area contributed by atoms with E-state index in [0.29, 0.717) is 0 Å². The second kappa shape index (κ2) is 10.3. The van der Waals surface area contributed by atoms with Gasteiger partial charge in [0, 0.05) is 0 Å². The van der Waals surface area contributed by atoms with E-state index in [1.165, 1.54) is 0 Å². The molecule has 9 heteroatoms. The first kappa shape index (κ1) is 23.7. The van der Waals surface area contributed by atoms with Crippen LogP contribution in [0.1, 0.15) is 27.7 Å². The Kier molecular flexibility index (Phi) is 9.34. The molecule has 7 N–H and O–H groups in total. The fourth-order valence-electron chi connectivity index (χ4n) is 3.10. The molecule has 0 bridgehead atoms. The minimum absolute atomic E-state index is 0.0150. The van der Waals surface area contributed by atoms with Gasteiger partial charge in [0.1, 0.15) is 42.7 Å². The van der Waals surface area contributed by atoms with Crippen LogP contribution < -0.4 is 0 Å². The first-order valence-corrected chi connectivity index (χ1v) is 8.99. The Morgan fingerprint density at radius 2 is 1.23 bits per heavy atom. The molecule has 2 aliphatic heterocycles.